The number of hydrogen-bond acceptors (Lipinski definition) is 4. The molecule has 0 aromatic heterocycles. The van der Waals surface area contributed by atoms with Gasteiger partial charge in [0.2, 0.25) is 0 Å². The molecule has 1 aliphatic heterocycles. The van der Waals surface area contributed by atoms with E-state index >= 15 is 0 Å². The van der Waals surface area contributed by atoms with Gasteiger partial charge in [0.15, 0.2) is 0 Å². The van der Waals surface area contributed by atoms with Crippen molar-refractivity contribution in [3.8, 4) is 5.75 Å². The van der Waals surface area contributed by atoms with Crippen LogP contribution in [-0.4, -0.2) is 43.7 Å². The Kier molecular flexibility index (Phi) is 5.83. The van der Waals surface area contributed by atoms with Gasteiger partial charge in [-0.2, -0.15) is 0 Å². The molecule has 2 unspecified atom stereocenters. The lowest BCUT2D eigenvalue weighted by Crippen LogP contribution is -2.34. The van der Waals surface area contributed by atoms with Gasteiger partial charge in [-0.1, -0.05) is 18.2 Å². The van der Waals surface area contributed by atoms with Crippen molar-refractivity contribution >= 4 is 5.97 Å². The third-order valence-electron chi connectivity index (χ3n) is 4.57. The smallest absolute Gasteiger partial charge is 0.312 e. The molecule has 0 spiro atoms. The Hall–Kier alpha value is -1.55. The number of likely N-dealkylation sites (tertiary alicyclic amines) is 1. The number of rotatable bonds is 6. The Labute approximate surface area is 133 Å². The third-order valence-corrected chi connectivity index (χ3v) is 4.57. The number of ether oxygens (including phenoxy) is 2. The van der Waals surface area contributed by atoms with Crippen LogP contribution in [0, 0.1) is 18.8 Å². The van der Waals surface area contributed by atoms with E-state index in [4.69, 9.17) is 9.47 Å². The van der Waals surface area contributed by atoms with Gasteiger partial charge in [-0.05, 0) is 51.3 Å². The lowest BCUT2D eigenvalue weighted by Gasteiger charge is -2.24. The summed E-state index contributed by atoms with van der Waals surface area (Å²) < 4.78 is 10.9. The number of carbonyl (C=O) groups is 1. The first kappa shape index (κ1) is 16.8. The van der Waals surface area contributed by atoms with Crippen molar-refractivity contribution in [1.29, 1.82) is 0 Å². The zero-order valence-electron chi connectivity index (χ0n) is 14.0. The van der Waals surface area contributed by atoms with Gasteiger partial charge >= 0.3 is 5.97 Å². The maximum absolute atomic E-state index is 12.2. The van der Waals surface area contributed by atoms with Crippen LogP contribution in [-0.2, 0) is 9.53 Å². The van der Waals surface area contributed by atoms with Crippen molar-refractivity contribution in [1.82, 2.24) is 4.90 Å². The second-order valence-electron chi connectivity index (χ2n) is 6.34. The van der Waals surface area contributed by atoms with E-state index in [9.17, 15) is 4.79 Å². The number of nitrogens with zero attached hydrogens (tertiary/aromatic N) is 1. The summed E-state index contributed by atoms with van der Waals surface area (Å²) >= 11 is 0. The van der Waals surface area contributed by atoms with E-state index in [0.717, 1.165) is 30.8 Å². The Morgan fingerprint density at radius 2 is 2.09 bits per heavy atom. The van der Waals surface area contributed by atoms with Crippen molar-refractivity contribution in [2.45, 2.75) is 33.2 Å². The number of para-hydroxylation sites is 1. The molecule has 1 heterocycles. The second kappa shape index (κ2) is 7.63. The maximum atomic E-state index is 12.2. The van der Waals surface area contributed by atoms with E-state index in [2.05, 4.69) is 18.7 Å². The molecule has 0 amide bonds. The zero-order chi connectivity index (χ0) is 16.1. The van der Waals surface area contributed by atoms with E-state index in [1.807, 2.05) is 31.2 Å². The van der Waals surface area contributed by atoms with Crippen LogP contribution in [0.5, 0.6) is 5.75 Å². The summed E-state index contributed by atoms with van der Waals surface area (Å²) in [7, 11) is 1.46. The van der Waals surface area contributed by atoms with Gasteiger partial charge in [-0.3, -0.25) is 4.79 Å². The Bertz CT molecular complexity index is 501. The lowest BCUT2D eigenvalue weighted by molar-refractivity contribution is -0.148. The normalized spacial score (nSPS) is 20.1. The van der Waals surface area contributed by atoms with Crippen LogP contribution in [0.1, 0.15) is 25.8 Å². The molecule has 1 fully saturated rings. The summed E-state index contributed by atoms with van der Waals surface area (Å²) in [4.78, 5) is 14.6. The van der Waals surface area contributed by atoms with E-state index < -0.39 is 0 Å². The van der Waals surface area contributed by atoms with Gasteiger partial charge in [0.25, 0.3) is 0 Å². The number of esters is 1. The molecule has 0 N–H and O–H groups in total. The van der Waals surface area contributed by atoms with Gasteiger partial charge in [-0.15, -0.1) is 0 Å². The minimum Gasteiger partial charge on any atom is -0.492 e. The number of hydrogen-bond donors (Lipinski definition) is 0. The highest BCUT2D eigenvalue weighted by atomic mass is 16.5. The topological polar surface area (TPSA) is 38.8 Å². The second-order valence-corrected chi connectivity index (χ2v) is 6.34. The fourth-order valence-corrected chi connectivity index (χ4v) is 3.06. The summed E-state index contributed by atoms with van der Waals surface area (Å²) in [6.07, 6.45) is 1.02. The van der Waals surface area contributed by atoms with Crippen LogP contribution in [0.3, 0.4) is 0 Å². The Balaban J connectivity index is 2.01. The lowest BCUT2D eigenvalue weighted by atomic mass is 9.92. The number of methoxy groups -OCH3 is 1. The molecule has 1 aromatic carbocycles. The molecular weight excluding hydrogens is 278 g/mol. The van der Waals surface area contributed by atoms with Crippen molar-refractivity contribution in [2.24, 2.45) is 11.8 Å². The minimum absolute atomic E-state index is 0.163. The molecule has 122 valence electrons. The number of carbonyl (C=O) groups excluding carboxylic acids is 1. The molecule has 1 aliphatic rings. The fraction of sp³-hybridized carbons (Fsp3) is 0.611. The zero-order valence-corrected chi connectivity index (χ0v) is 14.0. The van der Waals surface area contributed by atoms with Crippen molar-refractivity contribution in [3.05, 3.63) is 29.8 Å². The molecule has 2 atom stereocenters. The van der Waals surface area contributed by atoms with Crippen molar-refractivity contribution in [3.63, 3.8) is 0 Å². The first-order valence-corrected chi connectivity index (χ1v) is 8.03. The van der Waals surface area contributed by atoms with Crippen LogP contribution >= 0.6 is 0 Å². The van der Waals surface area contributed by atoms with Gasteiger partial charge in [-0.25, -0.2) is 0 Å². The first-order valence-electron chi connectivity index (χ1n) is 8.03. The van der Waals surface area contributed by atoms with E-state index in [1.54, 1.807) is 0 Å². The monoisotopic (exact) mass is 305 g/mol. The maximum Gasteiger partial charge on any atom is 0.312 e. The molecule has 1 aromatic rings. The van der Waals surface area contributed by atoms with Gasteiger partial charge in [0.1, 0.15) is 12.4 Å². The molecule has 22 heavy (non-hydrogen) atoms. The molecule has 0 bridgehead atoms. The molecule has 1 saturated heterocycles. The molecule has 4 nitrogen and oxygen atoms in total. The summed E-state index contributed by atoms with van der Waals surface area (Å²) in [6, 6.07) is 8.40. The molecule has 0 aliphatic carbocycles. The van der Waals surface area contributed by atoms with Crippen LogP contribution in [0.15, 0.2) is 24.3 Å². The molecule has 2 rings (SSSR count). The van der Waals surface area contributed by atoms with E-state index in [-0.39, 0.29) is 11.9 Å². The Morgan fingerprint density at radius 1 is 1.36 bits per heavy atom. The standard InChI is InChI=1S/C18H27NO3/c1-13(2)19-10-9-15(11-19)16(18(20)21-4)12-22-17-8-6-5-7-14(17)3/h5-8,13,15-16H,9-12H2,1-4H3. The highest BCUT2D eigenvalue weighted by molar-refractivity contribution is 5.73. The van der Waals surface area contributed by atoms with Gasteiger partial charge < -0.3 is 14.4 Å². The predicted molar refractivity (Wildman–Crippen MR) is 87.0 cm³/mol. The predicted octanol–water partition coefficient (Wildman–Crippen LogP) is 2.89. The van der Waals surface area contributed by atoms with Crippen LogP contribution in [0.4, 0.5) is 0 Å². The summed E-state index contributed by atoms with van der Waals surface area (Å²) in [5.41, 5.74) is 1.08. The van der Waals surface area contributed by atoms with E-state index in [0.29, 0.717) is 18.6 Å². The highest BCUT2D eigenvalue weighted by Gasteiger charge is 2.35. The molecule has 0 saturated carbocycles. The van der Waals surface area contributed by atoms with Crippen molar-refractivity contribution in [2.75, 3.05) is 26.8 Å². The van der Waals surface area contributed by atoms with Gasteiger partial charge in [0, 0.05) is 12.6 Å². The van der Waals surface area contributed by atoms with Crippen LogP contribution in [0.25, 0.3) is 0 Å². The quantitative estimate of drug-likeness (QED) is 0.758. The first-order chi connectivity index (χ1) is 10.5. The summed E-state index contributed by atoms with van der Waals surface area (Å²) in [6.45, 7) is 8.76. The average Bonchev–Trinajstić information content (AvgIpc) is 2.99. The van der Waals surface area contributed by atoms with Gasteiger partial charge in [0.05, 0.1) is 13.0 Å². The third kappa shape index (κ3) is 4.01. The fourth-order valence-electron chi connectivity index (χ4n) is 3.06. The van der Waals surface area contributed by atoms with Crippen LogP contribution in [0.2, 0.25) is 0 Å². The minimum atomic E-state index is -0.201. The van der Waals surface area contributed by atoms with Crippen molar-refractivity contribution < 1.29 is 14.3 Å². The number of benzene rings is 1. The molecular formula is C18H27NO3. The Morgan fingerprint density at radius 3 is 2.68 bits per heavy atom. The molecule has 0 radical (unpaired) electrons. The summed E-state index contributed by atoms with van der Waals surface area (Å²) in [5, 5.41) is 0. The van der Waals surface area contributed by atoms with Crippen LogP contribution < -0.4 is 4.74 Å². The largest absolute Gasteiger partial charge is 0.492 e. The molecule has 4 heteroatoms. The summed E-state index contributed by atoms with van der Waals surface area (Å²) in [5.74, 6) is 0.784. The average molecular weight is 305 g/mol. The highest BCUT2D eigenvalue weighted by Crippen LogP contribution is 2.28. The number of aryl methyl sites for hydroxylation is 1. The van der Waals surface area contributed by atoms with E-state index in [1.165, 1.54) is 7.11 Å². The SMILES string of the molecule is COC(=O)C(COc1ccccc1C)C1CCN(C(C)C)C1.